The van der Waals surface area contributed by atoms with Crippen molar-refractivity contribution in [2.45, 2.75) is 26.7 Å². The molecule has 4 aromatic rings. The van der Waals surface area contributed by atoms with Gasteiger partial charge in [-0.25, -0.2) is 14.1 Å². The molecule has 0 saturated carbocycles. The van der Waals surface area contributed by atoms with E-state index in [9.17, 15) is 14.0 Å². The molecule has 0 aliphatic rings. The minimum atomic E-state index is -0.697. The topological polar surface area (TPSA) is 90.0 Å². The van der Waals surface area contributed by atoms with Crippen LogP contribution in [0.25, 0.3) is 16.8 Å². The van der Waals surface area contributed by atoms with Crippen molar-refractivity contribution in [3.63, 3.8) is 0 Å². The lowest BCUT2D eigenvalue weighted by atomic mass is 10.2. The van der Waals surface area contributed by atoms with Gasteiger partial charge in [0.1, 0.15) is 17.0 Å². The molecule has 0 bridgehead atoms. The van der Waals surface area contributed by atoms with E-state index in [0.29, 0.717) is 28.4 Å². The lowest BCUT2D eigenvalue weighted by Crippen LogP contribution is -2.27. The number of hydrogen-bond donors (Lipinski definition) is 1. The quantitative estimate of drug-likeness (QED) is 0.549. The number of benzene rings is 2. The first-order chi connectivity index (χ1) is 14.3. The van der Waals surface area contributed by atoms with Crippen molar-refractivity contribution >= 4 is 22.7 Å². The van der Waals surface area contributed by atoms with Gasteiger partial charge in [0.05, 0.1) is 0 Å². The smallest absolute Gasteiger partial charge is 0.280 e. The van der Waals surface area contributed by atoms with Crippen LogP contribution in [0.1, 0.15) is 41.8 Å². The van der Waals surface area contributed by atoms with Gasteiger partial charge in [0.2, 0.25) is 5.43 Å². The summed E-state index contributed by atoms with van der Waals surface area (Å²) in [5.41, 5.74) is 1.30. The Bertz CT molecular complexity index is 1320. The number of aryl methyl sites for hydroxylation is 1. The van der Waals surface area contributed by atoms with Gasteiger partial charge in [0.25, 0.3) is 5.91 Å². The minimum Gasteiger partial charge on any atom is -0.440 e. The Morgan fingerprint density at radius 3 is 2.67 bits per heavy atom. The third-order valence-electron chi connectivity index (χ3n) is 4.56. The molecule has 0 radical (unpaired) electrons. The number of hydrogen-bond acceptors (Lipinski definition) is 5. The predicted molar refractivity (Wildman–Crippen MR) is 111 cm³/mol. The molecule has 0 aliphatic carbocycles. The van der Waals surface area contributed by atoms with Crippen molar-refractivity contribution < 1.29 is 13.6 Å². The first kappa shape index (κ1) is 19.5. The van der Waals surface area contributed by atoms with E-state index in [1.165, 1.54) is 22.9 Å². The van der Waals surface area contributed by atoms with Crippen molar-refractivity contribution in [3.05, 3.63) is 81.9 Å². The van der Waals surface area contributed by atoms with Crippen LogP contribution in [-0.4, -0.2) is 20.7 Å². The van der Waals surface area contributed by atoms with Crippen molar-refractivity contribution in [2.75, 3.05) is 5.32 Å². The molecule has 8 heteroatoms. The average Bonchev–Trinajstić information content (AvgIpc) is 3.12. The molecule has 1 N–H and O–H groups in total. The summed E-state index contributed by atoms with van der Waals surface area (Å²) >= 11 is 0. The average molecular weight is 406 g/mol. The van der Waals surface area contributed by atoms with Crippen LogP contribution in [0.15, 0.2) is 57.7 Å². The molecule has 0 atom stereocenters. The zero-order valence-electron chi connectivity index (χ0n) is 16.6. The van der Waals surface area contributed by atoms with Crippen molar-refractivity contribution in [1.29, 1.82) is 0 Å². The summed E-state index contributed by atoms with van der Waals surface area (Å²) in [6.07, 6.45) is 0. The number of oxazole rings is 1. The molecule has 2 aromatic heterocycles. The van der Waals surface area contributed by atoms with Crippen molar-refractivity contribution in [1.82, 2.24) is 14.8 Å². The van der Waals surface area contributed by atoms with E-state index in [4.69, 9.17) is 4.42 Å². The number of rotatable bonds is 4. The molecular formula is C22H19FN4O3. The maximum atomic E-state index is 14.2. The summed E-state index contributed by atoms with van der Waals surface area (Å²) in [5.74, 6) is -0.483. The van der Waals surface area contributed by atoms with Gasteiger partial charge in [-0.3, -0.25) is 9.59 Å². The number of fused-ring (bicyclic) bond motifs is 1. The number of nitrogens with one attached hydrogen (secondary N) is 1. The number of carbonyl (C=O) groups excluding carboxylic acids is 1. The van der Waals surface area contributed by atoms with Gasteiger partial charge in [-0.2, -0.15) is 5.10 Å². The summed E-state index contributed by atoms with van der Waals surface area (Å²) in [6, 6.07) is 12.3. The number of amides is 1. The van der Waals surface area contributed by atoms with E-state index in [1.54, 1.807) is 37.3 Å². The third-order valence-corrected chi connectivity index (χ3v) is 4.56. The fourth-order valence-corrected chi connectivity index (χ4v) is 3.03. The first-order valence-electron chi connectivity index (χ1n) is 9.41. The highest BCUT2D eigenvalue weighted by Gasteiger charge is 2.18. The molecule has 0 spiro atoms. The summed E-state index contributed by atoms with van der Waals surface area (Å²) in [5, 5.41) is 6.76. The zero-order chi connectivity index (χ0) is 21.4. The van der Waals surface area contributed by atoms with Crippen LogP contribution in [0.3, 0.4) is 0 Å². The van der Waals surface area contributed by atoms with Gasteiger partial charge < -0.3 is 9.73 Å². The summed E-state index contributed by atoms with van der Waals surface area (Å²) < 4.78 is 21.1. The molecule has 30 heavy (non-hydrogen) atoms. The third kappa shape index (κ3) is 3.59. The number of carbonyl (C=O) groups is 1. The number of para-hydroxylation sites is 1. The van der Waals surface area contributed by atoms with E-state index in [-0.39, 0.29) is 17.3 Å². The Hall–Kier alpha value is -3.81. The molecule has 4 rings (SSSR count). The fourth-order valence-electron chi connectivity index (χ4n) is 3.03. The maximum absolute atomic E-state index is 14.2. The molecule has 152 valence electrons. The zero-order valence-corrected chi connectivity index (χ0v) is 16.6. The molecule has 0 fully saturated rings. The highest BCUT2D eigenvalue weighted by atomic mass is 19.1. The highest BCUT2D eigenvalue weighted by Crippen LogP contribution is 2.24. The van der Waals surface area contributed by atoms with Gasteiger partial charge in [-0.05, 0) is 37.3 Å². The Morgan fingerprint density at radius 2 is 1.93 bits per heavy atom. The van der Waals surface area contributed by atoms with Crippen LogP contribution >= 0.6 is 0 Å². The largest absolute Gasteiger partial charge is 0.440 e. The van der Waals surface area contributed by atoms with Crippen LogP contribution in [-0.2, 0) is 0 Å². The molecule has 2 aromatic carbocycles. The van der Waals surface area contributed by atoms with Crippen LogP contribution in [0.5, 0.6) is 0 Å². The van der Waals surface area contributed by atoms with Crippen LogP contribution < -0.4 is 10.7 Å². The van der Waals surface area contributed by atoms with Gasteiger partial charge >= 0.3 is 0 Å². The Morgan fingerprint density at radius 1 is 1.17 bits per heavy atom. The van der Waals surface area contributed by atoms with Crippen LogP contribution in [0, 0.1) is 12.7 Å². The predicted octanol–water partition coefficient (Wildman–Crippen LogP) is 4.20. The number of aromatic nitrogens is 3. The Kier molecular flexibility index (Phi) is 4.91. The number of halogens is 1. The molecular weight excluding hydrogens is 387 g/mol. The maximum Gasteiger partial charge on any atom is 0.280 e. The van der Waals surface area contributed by atoms with E-state index in [1.807, 2.05) is 13.8 Å². The lowest BCUT2D eigenvalue weighted by Gasteiger charge is -2.12. The number of nitrogens with zero attached hydrogens (tertiary/aromatic N) is 3. The molecule has 0 aliphatic heterocycles. The van der Waals surface area contributed by atoms with Gasteiger partial charge in [0, 0.05) is 23.4 Å². The highest BCUT2D eigenvalue weighted by molar-refractivity contribution is 6.03. The minimum absolute atomic E-state index is 0.129. The normalized spacial score (nSPS) is 11.2. The Labute approximate surface area is 171 Å². The second kappa shape index (κ2) is 7.55. The molecule has 7 nitrogen and oxygen atoms in total. The summed E-state index contributed by atoms with van der Waals surface area (Å²) in [6.45, 7) is 5.56. The summed E-state index contributed by atoms with van der Waals surface area (Å²) in [4.78, 5) is 29.5. The summed E-state index contributed by atoms with van der Waals surface area (Å²) in [7, 11) is 0. The SMILES string of the molecule is Cc1cc(=O)c(C(=O)Nc2ccc3oc(C(C)C)nc3c2)nn1-c1ccccc1F. The van der Waals surface area contributed by atoms with E-state index in [2.05, 4.69) is 15.4 Å². The van der Waals surface area contributed by atoms with Crippen LogP contribution in [0.4, 0.5) is 10.1 Å². The van der Waals surface area contributed by atoms with Crippen molar-refractivity contribution in [2.24, 2.45) is 0 Å². The number of anilines is 1. The van der Waals surface area contributed by atoms with E-state index >= 15 is 0 Å². The van der Waals surface area contributed by atoms with Crippen LogP contribution in [0.2, 0.25) is 0 Å². The van der Waals surface area contributed by atoms with Crippen molar-refractivity contribution in [3.8, 4) is 5.69 Å². The van der Waals surface area contributed by atoms with Gasteiger partial charge in [0.15, 0.2) is 17.2 Å². The molecule has 0 saturated heterocycles. The van der Waals surface area contributed by atoms with E-state index < -0.39 is 17.2 Å². The lowest BCUT2D eigenvalue weighted by molar-refractivity contribution is 0.101. The standard InChI is InChI=1S/C22H19FN4O3/c1-12(2)22-25-16-11-14(8-9-19(16)30-22)24-21(29)20-18(28)10-13(3)27(26-20)17-7-5-4-6-15(17)23/h4-12H,1-3H3,(H,24,29). The second-order valence-corrected chi connectivity index (χ2v) is 7.21. The van der Waals surface area contributed by atoms with E-state index in [0.717, 1.165) is 0 Å². The molecule has 0 unspecified atom stereocenters. The van der Waals surface area contributed by atoms with Gasteiger partial charge in [-0.15, -0.1) is 0 Å². The molecule has 2 heterocycles. The first-order valence-corrected chi connectivity index (χ1v) is 9.41. The monoisotopic (exact) mass is 406 g/mol. The van der Waals surface area contributed by atoms with Gasteiger partial charge in [-0.1, -0.05) is 26.0 Å². The second-order valence-electron chi connectivity index (χ2n) is 7.21. The Balaban J connectivity index is 1.68. The fraction of sp³-hybridized carbons (Fsp3) is 0.182. The molecule has 1 amide bonds.